The van der Waals surface area contributed by atoms with Crippen molar-refractivity contribution in [3.8, 4) is 66.8 Å². The van der Waals surface area contributed by atoms with Gasteiger partial charge in [0.1, 0.15) is 44.7 Å². The second kappa shape index (κ2) is 23.9. The zero-order valence-corrected chi connectivity index (χ0v) is 56.2. The number of fused-ring (bicyclic) bond motifs is 16. The van der Waals surface area contributed by atoms with Gasteiger partial charge < -0.3 is 27.5 Å². The van der Waals surface area contributed by atoms with Crippen LogP contribution in [0.1, 0.15) is 0 Å². The molecular formula is C98H60N2O4. The predicted octanol–water partition coefficient (Wildman–Crippen LogP) is 28.5. The average molecular weight is 1330 g/mol. The van der Waals surface area contributed by atoms with E-state index in [1.54, 1.807) is 0 Å². The second-order valence-corrected chi connectivity index (χ2v) is 27.0. The molecule has 104 heavy (non-hydrogen) atoms. The Morgan fingerprint density at radius 3 is 1.22 bits per heavy atom. The normalized spacial score (nSPS) is 11.8. The van der Waals surface area contributed by atoms with E-state index in [1.807, 2.05) is 12.1 Å². The van der Waals surface area contributed by atoms with Gasteiger partial charge >= 0.3 is 0 Å². The number of para-hydroxylation sites is 3. The Kier molecular flexibility index (Phi) is 13.5. The van der Waals surface area contributed by atoms with Gasteiger partial charge in [0, 0.05) is 99.9 Å². The molecule has 0 bridgehead atoms. The van der Waals surface area contributed by atoms with E-state index in [9.17, 15) is 0 Å². The highest BCUT2D eigenvalue weighted by atomic mass is 16.3. The third kappa shape index (κ3) is 9.79. The zero-order chi connectivity index (χ0) is 68.3. The lowest BCUT2D eigenvalue weighted by molar-refractivity contribution is 0.668. The van der Waals surface area contributed by atoms with Crippen LogP contribution in [0.4, 0.5) is 34.1 Å². The topological polar surface area (TPSA) is 59.0 Å². The summed E-state index contributed by atoms with van der Waals surface area (Å²) in [5.74, 6) is 0. The summed E-state index contributed by atoms with van der Waals surface area (Å²) in [6.45, 7) is 0. The lowest BCUT2D eigenvalue weighted by Gasteiger charge is -2.28. The minimum absolute atomic E-state index is 0.786. The molecule has 17 aromatic carbocycles. The molecule has 21 aromatic rings. The molecular weight excluding hydrogens is 1270 g/mol. The standard InChI is InChI=1S/C98H60N2O4/c1-3-18-61(19-4-1)63-34-42-72(43-35-63)99(88-31-14-11-26-76(88)69-40-52-91-86(56-69)84-49-38-65-22-7-9-28-78(65)97(84)103-91)75-47-51-83-81-48-39-71(58-93(81)102-95(83)60-75)85-55-68-23-8-10-29-79(68)98-96(85)87-57-70(41-53-92(87)104-98)77-27-12-15-32-89(77)100(74-46-50-82-80-30-13-16-33-90(80)101-94(82)59-74)73-44-36-64(37-45-73)67-25-17-24-66(54-67)62-20-5-2-6-21-62/h1-60H. The van der Waals surface area contributed by atoms with Gasteiger partial charge in [-0.2, -0.15) is 0 Å². The van der Waals surface area contributed by atoms with Crippen molar-refractivity contribution >= 4 is 143 Å². The van der Waals surface area contributed by atoms with Crippen molar-refractivity contribution in [1.29, 1.82) is 0 Å². The van der Waals surface area contributed by atoms with Gasteiger partial charge in [-0.3, -0.25) is 0 Å². The summed E-state index contributed by atoms with van der Waals surface area (Å²) in [6.07, 6.45) is 0. The molecule has 0 N–H and O–H groups in total. The zero-order valence-electron chi connectivity index (χ0n) is 56.2. The molecule has 21 rings (SSSR count). The van der Waals surface area contributed by atoms with E-state index >= 15 is 0 Å². The molecule has 0 aliphatic carbocycles. The highest BCUT2D eigenvalue weighted by molar-refractivity contribution is 6.23. The van der Waals surface area contributed by atoms with E-state index in [-0.39, 0.29) is 0 Å². The number of benzene rings is 17. The van der Waals surface area contributed by atoms with E-state index in [0.29, 0.717) is 0 Å². The molecule has 6 nitrogen and oxygen atoms in total. The lowest BCUT2D eigenvalue weighted by atomic mass is 9.93. The van der Waals surface area contributed by atoms with Crippen molar-refractivity contribution in [2.75, 3.05) is 9.80 Å². The fourth-order valence-corrected chi connectivity index (χ4v) is 16.0. The summed E-state index contributed by atoms with van der Waals surface area (Å²) in [6, 6.07) is 130. The van der Waals surface area contributed by atoms with Gasteiger partial charge in [0.05, 0.1) is 11.4 Å². The van der Waals surface area contributed by atoms with Crippen molar-refractivity contribution in [3.05, 3.63) is 364 Å². The van der Waals surface area contributed by atoms with Crippen molar-refractivity contribution in [2.45, 2.75) is 0 Å². The first-order valence-corrected chi connectivity index (χ1v) is 35.3. The van der Waals surface area contributed by atoms with Crippen LogP contribution in [-0.4, -0.2) is 0 Å². The lowest BCUT2D eigenvalue weighted by Crippen LogP contribution is -2.11. The van der Waals surface area contributed by atoms with Gasteiger partial charge in [0.15, 0.2) is 0 Å². The van der Waals surface area contributed by atoms with Crippen LogP contribution < -0.4 is 9.80 Å². The number of furan rings is 4. The molecule has 0 fully saturated rings. The van der Waals surface area contributed by atoms with Crippen LogP contribution in [0.25, 0.3) is 176 Å². The highest BCUT2D eigenvalue weighted by Gasteiger charge is 2.25. The minimum Gasteiger partial charge on any atom is -0.456 e. The monoisotopic (exact) mass is 1330 g/mol. The molecule has 4 heterocycles. The molecule has 486 valence electrons. The van der Waals surface area contributed by atoms with Crippen LogP contribution >= 0.6 is 0 Å². The van der Waals surface area contributed by atoms with Gasteiger partial charge in [-0.1, -0.05) is 231 Å². The Hall–Kier alpha value is -13.9. The summed E-state index contributed by atoms with van der Waals surface area (Å²) >= 11 is 0. The molecule has 0 saturated carbocycles. The maximum absolute atomic E-state index is 7.15. The first-order valence-electron chi connectivity index (χ1n) is 35.3. The number of rotatable bonds is 12. The van der Waals surface area contributed by atoms with Crippen LogP contribution in [0, 0.1) is 0 Å². The van der Waals surface area contributed by atoms with Gasteiger partial charge in [-0.25, -0.2) is 0 Å². The largest absolute Gasteiger partial charge is 0.456 e. The van der Waals surface area contributed by atoms with Crippen LogP contribution in [0.15, 0.2) is 382 Å². The first kappa shape index (κ1) is 59.0. The molecule has 0 aliphatic rings. The van der Waals surface area contributed by atoms with Crippen LogP contribution in [-0.2, 0) is 0 Å². The number of anilines is 6. The maximum Gasteiger partial charge on any atom is 0.143 e. The molecule has 0 saturated heterocycles. The smallest absolute Gasteiger partial charge is 0.143 e. The molecule has 6 heteroatoms. The van der Waals surface area contributed by atoms with Gasteiger partial charge in [0.25, 0.3) is 0 Å². The summed E-state index contributed by atoms with van der Waals surface area (Å²) < 4.78 is 27.5. The van der Waals surface area contributed by atoms with Crippen LogP contribution in [0.5, 0.6) is 0 Å². The quantitative estimate of drug-likeness (QED) is 0.121. The molecule has 0 unspecified atom stereocenters. The van der Waals surface area contributed by atoms with Gasteiger partial charge in [-0.15, -0.1) is 0 Å². The minimum atomic E-state index is 0.786. The molecule has 0 atom stereocenters. The third-order valence-electron chi connectivity index (χ3n) is 21.0. The Morgan fingerprint density at radius 1 is 0.173 bits per heavy atom. The molecule has 0 radical (unpaired) electrons. The first-order chi connectivity index (χ1) is 51.5. The maximum atomic E-state index is 7.15. The molecule has 0 spiro atoms. The molecule has 0 aliphatic heterocycles. The average Bonchev–Trinajstić information content (AvgIpc) is 1.57. The van der Waals surface area contributed by atoms with E-state index in [2.05, 4.69) is 362 Å². The van der Waals surface area contributed by atoms with E-state index < -0.39 is 0 Å². The summed E-state index contributed by atoms with van der Waals surface area (Å²) in [4.78, 5) is 4.72. The highest BCUT2D eigenvalue weighted by Crippen LogP contribution is 2.50. The summed E-state index contributed by atoms with van der Waals surface area (Å²) in [5.41, 5.74) is 26.0. The molecule has 4 aromatic heterocycles. The third-order valence-corrected chi connectivity index (χ3v) is 21.0. The Morgan fingerprint density at radius 2 is 0.577 bits per heavy atom. The number of nitrogens with zero attached hydrogens (tertiary/aromatic N) is 2. The summed E-state index contributed by atoms with van der Waals surface area (Å²) in [7, 11) is 0. The van der Waals surface area contributed by atoms with Crippen LogP contribution in [0.2, 0.25) is 0 Å². The Balaban J connectivity index is 0.683. The van der Waals surface area contributed by atoms with E-state index in [4.69, 9.17) is 17.7 Å². The fourth-order valence-electron chi connectivity index (χ4n) is 16.0. The Bertz CT molecular complexity index is 6980. The van der Waals surface area contributed by atoms with Crippen molar-refractivity contribution in [3.63, 3.8) is 0 Å². The van der Waals surface area contributed by atoms with Crippen LogP contribution in [0.3, 0.4) is 0 Å². The fraction of sp³-hybridized carbons (Fsp3) is 0. The van der Waals surface area contributed by atoms with Crippen molar-refractivity contribution in [1.82, 2.24) is 0 Å². The van der Waals surface area contributed by atoms with E-state index in [0.717, 1.165) is 199 Å². The summed E-state index contributed by atoms with van der Waals surface area (Å²) in [5, 5.41) is 12.9. The van der Waals surface area contributed by atoms with E-state index in [1.165, 1.54) is 11.1 Å². The van der Waals surface area contributed by atoms with Crippen molar-refractivity contribution < 1.29 is 17.7 Å². The second-order valence-electron chi connectivity index (χ2n) is 27.0. The SMILES string of the molecule is c1ccc(-c2ccc(N(c3ccc4c(c3)oc3cc(-c5cc6ccccc6c6oc7ccc(-c8ccccc8N(c8ccc(-c9cccc(-c%10ccccc%10)c9)cc8)c8ccc9c(c8)oc8ccccc89)cc7c56)ccc34)c3ccccc3-c3ccc4oc5c6ccccc6ccc5c4c3)cc2)cc1. The number of hydrogen-bond acceptors (Lipinski definition) is 6. The van der Waals surface area contributed by atoms with Gasteiger partial charge in [-0.05, 0) is 188 Å². The van der Waals surface area contributed by atoms with Crippen molar-refractivity contribution in [2.24, 2.45) is 0 Å². The Labute approximate surface area is 598 Å². The van der Waals surface area contributed by atoms with Gasteiger partial charge in [0.2, 0.25) is 0 Å². The number of hydrogen-bond donors (Lipinski definition) is 0. The predicted molar refractivity (Wildman–Crippen MR) is 433 cm³/mol. The molecule has 0 amide bonds.